The predicted octanol–water partition coefficient (Wildman–Crippen LogP) is 5.14. The molecule has 0 aromatic carbocycles. The standard InChI is InChI=1S/C7H16N2.2C5H10.CH4/c1-7(2)8(3)5-6-9(7)4;2*1-2-4-5-3-1;/h5-6H2,1-4H3;2*1-5H2;1H4. The van der Waals surface area contributed by atoms with E-state index in [1.807, 2.05) is 0 Å². The van der Waals surface area contributed by atoms with Gasteiger partial charge in [0.25, 0.3) is 0 Å². The highest BCUT2D eigenvalue weighted by Crippen LogP contribution is 2.21. The van der Waals surface area contributed by atoms with Gasteiger partial charge < -0.3 is 0 Å². The van der Waals surface area contributed by atoms with E-state index < -0.39 is 0 Å². The fourth-order valence-electron chi connectivity index (χ4n) is 2.91. The first-order valence-electron chi connectivity index (χ1n) is 8.47. The molecule has 3 aliphatic rings. The minimum Gasteiger partial charge on any atom is -0.288 e. The highest BCUT2D eigenvalue weighted by Gasteiger charge is 2.33. The molecule has 0 spiro atoms. The lowest BCUT2D eigenvalue weighted by atomic mass is 10.2. The minimum atomic E-state index is 0. The number of rotatable bonds is 0. The van der Waals surface area contributed by atoms with Crippen molar-refractivity contribution in [2.75, 3.05) is 27.2 Å². The lowest BCUT2D eigenvalue weighted by Crippen LogP contribution is -2.44. The zero-order valence-corrected chi connectivity index (χ0v) is 13.9. The molecule has 0 aromatic rings. The van der Waals surface area contributed by atoms with Crippen LogP contribution in [0.1, 0.15) is 85.5 Å². The van der Waals surface area contributed by atoms with Gasteiger partial charge >= 0.3 is 0 Å². The third-order valence-electron chi connectivity index (χ3n) is 5.14. The molecule has 2 heteroatoms. The first-order chi connectivity index (χ1) is 9.05. The molecular weight excluding hydrogens is 244 g/mol. The van der Waals surface area contributed by atoms with Gasteiger partial charge in [0.05, 0.1) is 5.66 Å². The second kappa shape index (κ2) is 10.6. The van der Waals surface area contributed by atoms with Gasteiger partial charge in [0.15, 0.2) is 0 Å². The summed E-state index contributed by atoms with van der Waals surface area (Å²) in [5.74, 6) is 0. The van der Waals surface area contributed by atoms with Crippen LogP contribution < -0.4 is 0 Å². The fourth-order valence-corrected chi connectivity index (χ4v) is 2.91. The van der Waals surface area contributed by atoms with Crippen LogP contribution >= 0.6 is 0 Å². The van der Waals surface area contributed by atoms with Crippen LogP contribution in [-0.2, 0) is 0 Å². The molecule has 1 aliphatic heterocycles. The second-order valence-electron chi connectivity index (χ2n) is 6.87. The first kappa shape index (κ1) is 19.9. The molecule has 0 amide bonds. The summed E-state index contributed by atoms with van der Waals surface area (Å²) >= 11 is 0. The van der Waals surface area contributed by atoms with Crippen LogP contribution in [-0.4, -0.2) is 42.6 Å². The summed E-state index contributed by atoms with van der Waals surface area (Å²) in [5.41, 5.74) is 0.278. The van der Waals surface area contributed by atoms with Gasteiger partial charge in [0, 0.05) is 13.1 Å². The van der Waals surface area contributed by atoms with Crippen LogP contribution in [0.4, 0.5) is 0 Å². The Morgan fingerprint density at radius 1 is 0.550 bits per heavy atom. The fraction of sp³-hybridized carbons (Fsp3) is 1.00. The van der Waals surface area contributed by atoms with Crippen molar-refractivity contribution in [3.63, 3.8) is 0 Å². The molecule has 0 atom stereocenters. The van der Waals surface area contributed by atoms with Gasteiger partial charge in [-0.15, -0.1) is 0 Å². The van der Waals surface area contributed by atoms with Crippen molar-refractivity contribution < 1.29 is 0 Å². The molecular formula is C18H40N2. The molecule has 2 saturated carbocycles. The molecule has 0 N–H and O–H groups in total. The van der Waals surface area contributed by atoms with Crippen molar-refractivity contribution in [2.45, 2.75) is 91.1 Å². The Hall–Kier alpha value is -0.0800. The van der Waals surface area contributed by atoms with Crippen molar-refractivity contribution in [1.82, 2.24) is 9.80 Å². The molecule has 0 aromatic heterocycles. The van der Waals surface area contributed by atoms with Gasteiger partial charge in [-0.05, 0) is 27.9 Å². The van der Waals surface area contributed by atoms with E-state index in [4.69, 9.17) is 0 Å². The Bertz CT molecular complexity index is 180. The topological polar surface area (TPSA) is 6.48 Å². The van der Waals surface area contributed by atoms with Crippen molar-refractivity contribution >= 4 is 0 Å². The van der Waals surface area contributed by atoms with Gasteiger partial charge in [-0.3, -0.25) is 9.80 Å². The van der Waals surface area contributed by atoms with Crippen LogP contribution in [0.15, 0.2) is 0 Å². The largest absolute Gasteiger partial charge is 0.288 e. The van der Waals surface area contributed by atoms with Crippen LogP contribution in [0.25, 0.3) is 0 Å². The number of nitrogens with zero attached hydrogens (tertiary/aromatic N) is 2. The van der Waals surface area contributed by atoms with Crippen molar-refractivity contribution in [3.8, 4) is 0 Å². The van der Waals surface area contributed by atoms with Crippen LogP contribution in [0.5, 0.6) is 0 Å². The summed E-state index contributed by atoms with van der Waals surface area (Å²) in [5, 5.41) is 0. The third kappa shape index (κ3) is 7.08. The second-order valence-corrected chi connectivity index (χ2v) is 6.87. The third-order valence-corrected chi connectivity index (χ3v) is 5.14. The SMILES string of the molecule is C.C1CCCC1.C1CCCC1.CN1CCN(C)C1(C)C. The molecule has 3 fully saturated rings. The average molecular weight is 285 g/mol. The summed E-state index contributed by atoms with van der Waals surface area (Å²) < 4.78 is 0. The maximum Gasteiger partial charge on any atom is 0.0675 e. The van der Waals surface area contributed by atoms with Gasteiger partial charge in [0.2, 0.25) is 0 Å². The van der Waals surface area contributed by atoms with Crippen molar-refractivity contribution in [1.29, 1.82) is 0 Å². The molecule has 20 heavy (non-hydrogen) atoms. The van der Waals surface area contributed by atoms with E-state index in [1.165, 1.54) is 77.3 Å². The minimum absolute atomic E-state index is 0. The van der Waals surface area contributed by atoms with Gasteiger partial charge in [-0.2, -0.15) is 0 Å². The van der Waals surface area contributed by atoms with Gasteiger partial charge in [-0.1, -0.05) is 71.6 Å². The quantitative estimate of drug-likeness (QED) is 0.608. The molecule has 1 heterocycles. The van der Waals surface area contributed by atoms with E-state index in [9.17, 15) is 0 Å². The monoisotopic (exact) mass is 284 g/mol. The van der Waals surface area contributed by atoms with Crippen LogP contribution in [0, 0.1) is 0 Å². The summed E-state index contributed by atoms with van der Waals surface area (Å²) in [7, 11) is 4.34. The Morgan fingerprint density at radius 3 is 0.850 bits per heavy atom. The lowest BCUT2D eigenvalue weighted by molar-refractivity contribution is 0.0897. The van der Waals surface area contributed by atoms with E-state index in [2.05, 4.69) is 37.7 Å². The van der Waals surface area contributed by atoms with E-state index in [0.29, 0.717) is 0 Å². The Morgan fingerprint density at radius 2 is 0.750 bits per heavy atom. The van der Waals surface area contributed by atoms with Crippen molar-refractivity contribution in [3.05, 3.63) is 0 Å². The Labute approximate surface area is 128 Å². The number of hydrogen-bond acceptors (Lipinski definition) is 2. The zero-order chi connectivity index (χ0) is 14.1. The zero-order valence-electron chi connectivity index (χ0n) is 13.9. The van der Waals surface area contributed by atoms with E-state index in [0.717, 1.165) is 0 Å². The summed E-state index contributed by atoms with van der Waals surface area (Å²) in [4.78, 5) is 4.74. The molecule has 0 radical (unpaired) electrons. The van der Waals surface area contributed by atoms with E-state index in [-0.39, 0.29) is 13.1 Å². The molecule has 2 nitrogen and oxygen atoms in total. The predicted molar refractivity (Wildman–Crippen MR) is 92.2 cm³/mol. The summed E-state index contributed by atoms with van der Waals surface area (Å²) in [6, 6.07) is 0. The normalized spacial score (nSPS) is 25.2. The Kier molecular flexibility index (Phi) is 10.6. The smallest absolute Gasteiger partial charge is 0.0675 e. The molecule has 122 valence electrons. The van der Waals surface area contributed by atoms with Gasteiger partial charge in [-0.25, -0.2) is 0 Å². The molecule has 0 unspecified atom stereocenters. The molecule has 2 aliphatic carbocycles. The van der Waals surface area contributed by atoms with E-state index >= 15 is 0 Å². The first-order valence-corrected chi connectivity index (χ1v) is 8.47. The number of hydrogen-bond donors (Lipinski definition) is 0. The van der Waals surface area contributed by atoms with Gasteiger partial charge in [0.1, 0.15) is 0 Å². The molecule has 0 bridgehead atoms. The lowest BCUT2D eigenvalue weighted by Gasteiger charge is -2.33. The highest BCUT2D eigenvalue weighted by molar-refractivity contribution is 4.84. The summed E-state index contributed by atoms with van der Waals surface area (Å²) in [6.45, 7) is 6.90. The summed E-state index contributed by atoms with van der Waals surface area (Å²) in [6.07, 6.45) is 15.0. The number of likely N-dealkylation sites (N-methyl/N-ethyl adjacent to an activating group) is 2. The van der Waals surface area contributed by atoms with Crippen molar-refractivity contribution in [2.24, 2.45) is 0 Å². The highest BCUT2D eigenvalue weighted by atomic mass is 15.4. The molecule has 1 saturated heterocycles. The molecule has 3 rings (SSSR count). The maximum atomic E-state index is 2.37. The maximum absolute atomic E-state index is 2.37. The van der Waals surface area contributed by atoms with Crippen LogP contribution in [0.2, 0.25) is 0 Å². The van der Waals surface area contributed by atoms with Crippen LogP contribution in [0.3, 0.4) is 0 Å². The van der Waals surface area contributed by atoms with E-state index in [1.54, 1.807) is 0 Å². The Balaban J connectivity index is 0.000000282. The average Bonchev–Trinajstić information content (AvgIpc) is 3.13.